The predicted molar refractivity (Wildman–Crippen MR) is 104 cm³/mol. The first-order valence-corrected chi connectivity index (χ1v) is 9.60. The first kappa shape index (κ1) is 18.5. The van der Waals surface area contributed by atoms with E-state index in [0.29, 0.717) is 15.9 Å². The van der Waals surface area contributed by atoms with Gasteiger partial charge in [-0.15, -0.1) is 10.2 Å². The van der Waals surface area contributed by atoms with Gasteiger partial charge in [-0.1, -0.05) is 30.3 Å². The van der Waals surface area contributed by atoms with E-state index in [1.54, 1.807) is 30.5 Å². The molecule has 3 rings (SSSR count). The van der Waals surface area contributed by atoms with Crippen molar-refractivity contribution in [2.45, 2.75) is 32.0 Å². The molecule has 0 saturated carbocycles. The summed E-state index contributed by atoms with van der Waals surface area (Å²) in [5, 5.41) is 12.7. The molecule has 8 heteroatoms. The van der Waals surface area contributed by atoms with E-state index >= 15 is 0 Å². The second-order valence-electron chi connectivity index (χ2n) is 5.69. The first-order chi connectivity index (χ1) is 12.6. The lowest BCUT2D eigenvalue weighted by Crippen LogP contribution is -2.14. The summed E-state index contributed by atoms with van der Waals surface area (Å²) in [6, 6.07) is 8.89. The second-order valence-corrected chi connectivity index (χ2v) is 7.07. The minimum absolute atomic E-state index is 0.107. The molecule has 0 aliphatic rings. The normalized spacial score (nSPS) is 10.9. The molecule has 1 amide bonds. The minimum Gasteiger partial charge on any atom is -0.469 e. The van der Waals surface area contributed by atoms with Gasteiger partial charge in [-0.05, 0) is 43.7 Å². The molecule has 0 spiro atoms. The summed E-state index contributed by atoms with van der Waals surface area (Å²) in [7, 11) is 0. The number of nitrogens with zero attached hydrogens (tertiary/aromatic N) is 3. The third-order valence-electron chi connectivity index (χ3n) is 3.72. The monoisotopic (exact) mass is 390 g/mol. The molecule has 0 radical (unpaired) electrons. The molecule has 1 aromatic carbocycles. The fourth-order valence-electron chi connectivity index (χ4n) is 2.50. The van der Waals surface area contributed by atoms with Gasteiger partial charge in [0.15, 0.2) is 11.0 Å². The number of hydrogen-bond acceptors (Lipinski definition) is 5. The fraction of sp³-hybridized carbons (Fsp3) is 0.278. The highest BCUT2D eigenvalue weighted by atomic mass is 35.5. The maximum Gasteiger partial charge on any atom is 0.234 e. The lowest BCUT2D eigenvalue weighted by molar-refractivity contribution is -0.113. The molecule has 26 heavy (non-hydrogen) atoms. The van der Waals surface area contributed by atoms with Crippen molar-refractivity contribution in [3.8, 4) is 11.4 Å². The Bertz CT molecular complexity index is 889. The number of hydrogen-bond donors (Lipinski definition) is 1. The Hall–Kier alpha value is -2.25. The summed E-state index contributed by atoms with van der Waals surface area (Å²) in [4.78, 5) is 12.2. The van der Waals surface area contributed by atoms with E-state index in [9.17, 15) is 4.79 Å². The Balaban J connectivity index is 1.69. The number of amides is 1. The minimum atomic E-state index is -0.107. The molecular weight excluding hydrogens is 372 g/mol. The maximum absolute atomic E-state index is 12.2. The fourth-order valence-corrected chi connectivity index (χ4v) is 3.39. The van der Waals surface area contributed by atoms with Gasteiger partial charge < -0.3 is 14.3 Å². The molecular formula is C18H19ClN4O2S. The van der Waals surface area contributed by atoms with E-state index in [1.807, 2.05) is 17.6 Å². The van der Waals surface area contributed by atoms with Crippen LogP contribution >= 0.6 is 23.4 Å². The van der Waals surface area contributed by atoms with E-state index in [-0.39, 0.29) is 11.7 Å². The Morgan fingerprint density at radius 1 is 1.27 bits per heavy atom. The predicted octanol–water partition coefficient (Wildman–Crippen LogP) is 4.64. The second kappa shape index (κ2) is 8.42. The van der Waals surface area contributed by atoms with E-state index in [2.05, 4.69) is 22.4 Å². The Labute approximate surface area is 160 Å². The van der Waals surface area contributed by atoms with Crippen LogP contribution in [-0.4, -0.2) is 26.4 Å². The van der Waals surface area contributed by atoms with E-state index in [0.717, 1.165) is 30.1 Å². The highest BCUT2D eigenvalue weighted by Crippen LogP contribution is 2.27. The van der Waals surface area contributed by atoms with Crippen LogP contribution in [0.25, 0.3) is 11.4 Å². The molecule has 2 aromatic heterocycles. The molecule has 1 N–H and O–H groups in total. The third-order valence-corrected chi connectivity index (χ3v) is 4.94. The number of anilines is 1. The first-order valence-electron chi connectivity index (χ1n) is 8.24. The molecule has 2 heterocycles. The number of carbonyl (C=O) groups is 1. The van der Waals surface area contributed by atoms with Crippen LogP contribution in [0, 0.1) is 6.92 Å². The summed E-state index contributed by atoms with van der Waals surface area (Å²) < 4.78 is 7.40. The van der Waals surface area contributed by atoms with Crippen molar-refractivity contribution in [3.05, 3.63) is 47.4 Å². The van der Waals surface area contributed by atoms with Crippen LogP contribution < -0.4 is 5.32 Å². The summed E-state index contributed by atoms with van der Waals surface area (Å²) >= 11 is 7.21. The SMILES string of the molecule is CCCn1c(SCC(=O)Nc2ccc(Cl)cc2)nnc1-c1ccoc1C. The molecule has 0 saturated heterocycles. The summed E-state index contributed by atoms with van der Waals surface area (Å²) in [5.41, 5.74) is 1.63. The van der Waals surface area contributed by atoms with Crippen LogP contribution in [0.4, 0.5) is 5.69 Å². The Morgan fingerprint density at radius 2 is 2.04 bits per heavy atom. The lowest BCUT2D eigenvalue weighted by atomic mass is 10.2. The number of carbonyl (C=O) groups excluding carboxylic acids is 1. The molecule has 0 aliphatic heterocycles. The highest BCUT2D eigenvalue weighted by molar-refractivity contribution is 7.99. The van der Waals surface area contributed by atoms with Crippen molar-refractivity contribution >= 4 is 35.0 Å². The molecule has 3 aromatic rings. The zero-order chi connectivity index (χ0) is 18.5. The lowest BCUT2D eigenvalue weighted by Gasteiger charge is -2.08. The van der Waals surface area contributed by atoms with Crippen molar-refractivity contribution in [1.82, 2.24) is 14.8 Å². The number of halogens is 1. The van der Waals surface area contributed by atoms with Gasteiger partial charge in [0.05, 0.1) is 17.6 Å². The summed E-state index contributed by atoms with van der Waals surface area (Å²) in [6.45, 7) is 4.76. The van der Waals surface area contributed by atoms with Crippen molar-refractivity contribution in [3.63, 3.8) is 0 Å². The zero-order valence-corrected chi connectivity index (χ0v) is 16.1. The topological polar surface area (TPSA) is 73.0 Å². The van der Waals surface area contributed by atoms with E-state index in [1.165, 1.54) is 11.8 Å². The van der Waals surface area contributed by atoms with Gasteiger partial charge in [-0.3, -0.25) is 4.79 Å². The largest absolute Gasteiger partial charge is 0.469 e. The number of thioether (sulfide) groups is 1. The van der Waals surface area contributed by atoms with Gasteiger partial charge in [0.25, 0.3) is 0 Å². The van der Waals surface area contributed by atoms with Gasteiger partial charge >= 0.3 is 0 Å². The van der Waals surface area contributed by atoms with Gasteiger partial charge in [0.1, 0.15) is 5.76 Å². The molecule has 0 atom stereocenters. The zero-order valence-electron chi connectivity index (χ0n) is 14.5. The van der Waals surface area contributed by atoms with E-state index < -0.39 is 0 Å². The number of furan rings is 1. The van der Waals surface area contributed by atoms with E-state index in [4.69, 9.17) is 16.0 Å². The van der Waals surface area contributed by atoms with Crippen LogP contribution in [0.5, 0.6) is 0 Å². The average Bonchev–Trinajstić information content (AvgIpc) is 3.21. The van der Waals surface area contributed by atoms with Gasteiger partial charge in [-0.2, -0.15) is 0 Å². The summed E-state index contributed by atoms with van der Waals surface area (Å²) in [6.07, 6.45) is 2.58. The molecule has 6 nitrogen and oxygen atoms in total. The van der Waals surface area contributed by atoms with Crippen LogP contribution in [0.1, 0.15) is 19.1 Å². The van der Waals surface area contributed by atoms with Crippen molar-refractivity contribution in [2.24, 2.45) is 0 Å². The quantitative estimate of drug-likeness (QED) is 0.595. The Morgan fingerprint density at radius 3 is 2.69 bits per heavy atom. The van der Waals surface area contributed by atoms with Crippen LogP contribution in [0.15, 0.2) is 46.2 Å². The van der Waals surface area contributed by atoms with Crippen LogP contribution in [0.3, 0.4) is 0 Å². The highest BCUT2D eigenvalue weighted by Gasteiger charge is 2.17. The van der Waals surface area contributed by atoms with Gasteiger partial charge in [0.2, 0.25) is 5.91 Å². The van der Waals surface area contributed by atoms with Gasteiger partial charge in [0, 0.05) is 17.3 Å². The molecule has 0 unspecified atom stereocenters. The average molecular weight is 391 g/mol. The van der Waals surface area contributed by atoms with Gasteiger partial charge in [-0.25, -0.2) is 0 Å². The molecule has 136 valence electrons. The van der Waals surface area contributed by atoms with Crippen molar-refractivity contribution in [2.75, 3.05) is 11.1 Å². The van der Waals surface area contributed by atoms with Crippen molar-refractivity contribution in [1.29, 1.82) is 0 Å². The molecule has 0 aliphatic carbocycles. The number of benzene rings is 1. The van der Waals surface area contributed by atoms with Crippen LogP contribution in [-0.2, 0) is 11.3 Å². The Kier molecular flexibility index (Phi) is 6.00. The molecule has 0 bridgehead atoms. The smallest absolute Gasteiger partial charge is 0.234 e. The number of aryl methyl sites for hydroxylation is 1. The molecule has 0 fully saturated rings. The summed E-state index contributed by atoms with van der Waals surface area (Å²) in [5.74, 6) is 1.70. The van der Waals surface area contributed by atoms with Crippen molar-refractivity contribution < 1.29 is 9.21 Å². The standard InChI is InChI=1S/C18H19ClN4O2S/c1-3-9-23-17(15-8-10-25-12(15)2)21-22-18(23)26-11-16(24)20-14-6-4-13(19)5-7-14/h4-8,10H,3,9,11H2,1-2H3,(H,20,24). The number of aromatic nitrogens is 3. The third kappa shape index (κ3) is 4.28. The maximum atomic E-state index is 12.2. The van der Waals surface area contributed by atoms with Crippen LogP contribution in [0.2, 0.25) is 5.02 Å². The number of rotatable bonds is 7. The number of nitrogens with one attached hydrogen (secondary N) is 1.